The van der Waals surface area contributed by atoms with Crippen molar-refractivity contribution in [2.24, 2.45) is 5.92 Å². The van der Waals surface area contributed by atoms with Gasteiger partial charge in [-0.15, -0.1) is 0 Å². The summed E-state index contributed by atoms with van der Waals surface area (Å²) in [6, 6.07) is 10.3. The molecule has 13 nitrogen and oxygen atoms in total. The number of carbonyl (C=O) groups is 4. The highest BCUT2D eigenvalue weighted by atomic mass is 19.4. The number of likely N-dealkylation sites (N-methyl/N-ethyl adjacent to an activating group) is 1. The maximum atomic E-state index is 13.1. The van der Waals surface area contributed by atoms with Crippen LogP contribution in [-0.4, -0.2) is 100 Å². The van der Waals surface area contributed by atoms with Gasteiger partial charge in [0.25, 0.3) is 0 Å². The van der Waals surface area contributed by atoms with E-state index in [-0.39, 0.29) is 18.1 Å². The van der Waals surface area contributed by atoms with E-state index in [9.17, 15) is 41.0 Å². The number of carbonyl (C=O) groups excluding carboxylic acids is 1. The lowest BCUT2D eigenvalue weighted by Crippen LogP contribution is -2.33. The lowest BCUT2D eigenvalue weighted by molar-refractivity contribution is -0.193. The normalized spacial score (nSPS) is 13.9. The number of aromatic nitrogens is 2. The van der Waals surface area contributed by atoms with E-state index in [1.54, 1.807) is 24.5 Å². The number of H-pyrrole nitrogens is 1. The average molecular weight is 679 g/mol. The van der Waals surface area contributed by atoms with Gasteiger partial charge in [-0.3, -0.25) is 9.89 Å². The molecule has 0 fully saturated rings. The third-order valence-corrected chi connectivity index (χ3v) is 5.94. The molecule has 1 amide bonds. The second-order valence-corrected chi connectivity index (χ2v) is 9.78. The van der Waals surface area contributed by atoms with Gasteiger partial charge in [-0.25, -0.2) is 14.4 Å². The van der Waals surface area contributed by atoms with E-state index >= 15 is 0 Å². The highest BCUT2D eigenvalue weighted by molar-refractivity contribution is 5.95. The van der Waals surface area contributed by atoms with E-state index < -0.39 is 36.2 Å². The molecule has 256 valence electrons. The Hall–Kier alpha value is -5.33. The van der Waals surface area contributed by atoms with Crippen LogP contribution >= 0.6 is 0 Å². The predicted molar refractivity (Wildman–Crippen MR) is 150 cm³/mol. The number of hydrogen-bond donors (Lipinski definition) is 5. The van der Waals surface area contributed by atoms with Crippen molar-refractivity contribution in [3.63, 3.8) is 0 Å². The monoisotopic (exact) mass is 678 g/mol. The molecule has 0 spiro atoms. The summed E-state index contributed by atoms with van der Waals surface area (Å²) < 4.78 is 75.2. The van der Waals surface area contributed by atoms with Crippen LogP contribution in [0.2, 0.25) is 0 Å². The summed E-state index contributed by atoms with van der Waals surface area (Å²) in [5.74, 6) is -6.02. The van der Waals surface area contributed by atoms with Gasteiger partial charge in [0.1, 0.15) is 24.7 Å². The number of nitrogens with one attached hydrogen (secondary N) is 2. The molecule has 0 radical (unpaired) electrons. The Morgan fingerprint density at radius 2 is 1.60 bits per heavy atom. The molecule has 19 heteroatoms. The first-order valence-corrected chi connectivity index (χ1v) is 13.1. The molecule has 4 rings (SSSR count). The van der Waals surface area contributed by atoms with Gasteiger partial charge in [-0.05, 0) is 62.0 Å². The molecule has 0 saturated heterocycles. The lowest BCUT2D eigenvalue weighted by Gasteiger charge is -2.25. The number of rotatable bonds is 8. The lowest BCUT2D eigenvalue weighted by atomic mass is 9.94. The number of anilines is 1. The molecule has 47 heavy (non-hydrogen) atoms. The van der Waals surface area contributed by atoms with Crippen molar-refractivity contribution in [1.29, 1.82) is 0 Å². The number of aromatic amines is 1. The molecule has 0 aliphatic carbocycles. The number of alkyl halides is 6. The summed E-state index contributed by atoms with van der Waals surface area (Å²) in [6.07, 6.45) is -6.26. The van der Waals surface area contributed by atoms with Gasteiger partial charge < -0.3 is 35.0 Å². The molecule has 2 aromatic carbocycles. The minimum atomic E-state index is -5.08. The average Bonchev–Trinajstić information content (AvgIpc) is 3.52. The number of amides is 1. The molecule has 0 saturated carbocycles. The van der Waals surface area contributed by atoms with Crippen molar-refractivity contribution >= 4 is 29.5 Å². The number of ether oxygens (including phenoxy) is 2. The zero-order chi connectivity index (χ0) is 35.5. The van der Waals surface area contributed by atoms with Crippen molar-refractivity contribution in [2.45, 2.75) is 18.8 Å². The zero-order valence-corrected chi connectivity index (χ0v) is 24.5. The highest BCUT2D eigenvalue weighted by Crippen LogP contribution is 2.33. The molecule has 1 atom stereocenters. The van der Waals surface area contributed by atoms with Gasteiger partial charge in [-0.2, -0.15) is 31.4 Å². The van der Waals surface area contributed by atoms with E-state index in [1.807, 2.05) is 37.2 Å². The Balaban J connectivity index is 0.000000459. The van der Waals surface area contributed by atoms with Gasteiger partial charge in [0, 0.05) is 18.3 Å². The molecule has 0 bridgehead atoms. The number of fused-ring (bicyclic) bond motifs is 1. The standard InChI is InChI=1S/C24H26N4O5.2C2HF3O2/c1-28(2)7-8-32-22-11-15(19-12-25-26-13-19)3-5-20(22)27-23(29)18-10-17-9-16(24(30)31)4-6-21(17)33-14-18;2*3-2(4,5)1(6)7/h3-6,9,11-13,18H,7-8,10,14H2,1-2H3,(H,25,26)(H,27,29)(H,30,31);2*(H,6,7). The second kappa shape index (κ2) is 16.3. The molecule has 1 aliphatic heterocycles. The second-order valence-electron chi connectivity index (χ2n) is 9.78. The van der Waals surface area contributed by atoms with Crippen LogP contribution < -0.4 is 14.8 Å². The van der Waals surface area contributed by atoms with E-state index in [2.05, 4.69) is 15.5 Å². The van der Waals surface area contributed by atoms with Crippen LogP contribution in [0, 0.1) is 5.92 Å². The topological polar surface area (TPSA) is 191 Å². The number of benzene rings is 2. The van der Waals surface area contributed by atoms with E-state index in [0.29, 0.717) is 35.8 Å². The van der Waals surface area contributed by atoms with Crippen molar-refractivity contribution in [3.8, 4) is 22.6 Å². The smallest absolute Gasteiger partial charge is 0.490 e. The number of aromatic carboxylic acids is 1. The Morgan fingerprint density at radius 1 is 0.979 bits per heavy atom. The minimum Gasteiger partial charge on any atom is -0.492 e. The highest BCUT2D eigenvalue weighted by Gasteiger charge is 2.39. The number of halogens is 6. The summed E-state index contributed by atoms with van der Waals surface area (Å²) in [5, 5.41) is 33.2. The summed E-state index contributed by atoms with van der Waals surface area (Å²) in [7, 11) is 3.93. The fraction of sp³-hybridized carbons (Fsp3) is 0.321. The van der Waals surface area contributed by atoms with Crippen molar-refractivity contribution in [3.05, 3.63) is 59.9 Å². The fourth-order valence-electron chi connectivity index (χ4n) is 3.60. The predicted octanol–water partition coefficient (Wildman–Crippen LogP) is 4.17. The first kappa shape index (κ1) is 37.9. The zero-order valence-electron chi connectivity index (χ0n) is 24.5. The Bertz CT molecular complexity index is 1520. The van der Waals surface area contributed by atoms with Crippen LogP contribution in [0.1, 0.15) is 15.9 Å². The van der Waals surface area contributed by atoms with Crippen LogP contribution in [0.5, 0.6) is 11.5 Å². The number of carboxylic acid groups (broad SMARTS) is 3. The van der Waals surface area contributed by atoms with Gasteiger partial charge in [0.05, 0.1) is 23.4 Å². The van der Waals surface area contributed by atoms with Crippen LogP contribution in [-0.2, 0) is 20.8 Å². The number of hydrogen-bond acceptors (Lipinski definition) is 8. The first-order valence-electron chi connectivity index (χ1n) is 13.1. The summed E-state index contributed by atoms with van der Waals surface area (Å²) >= 11 is 0. The third kappa shape index (κ3) is 12.2. The van der Waals surface area contributed by atoms with Crippen LogP contribution in [0.4, 0.5) is 32.0 Å². The molecule has 1 unspecified atom stereocenters. The minimum absolute atomic E-state index is 0.171. The fourth-order valence-corrected chi connectivity index (χ4v) is 3.60. The summed E-state index contributed by atoms with van der Waals surface area (Å²) in [5.41, 5.74) is 3.27. The van der Waals surface area contributed by atoms with Gasteiger partial charge in [0.2, 0.25) is 5.91 Å². The SMILES string of the molecule is CN(C)CCOc1cc(-c2cn[nH]c2)ccc1NC(=O)C1COc2ccc(C(=O)O)cc2C1.O=C(O)C(F)(F)F.O=C(O)C(F)(F)F. The van der Waals surface area contributed by atoms with Gasteiger partial charge >= 0.3 is 30.3 Å². The molecule has 2 heterocycles. The molecule has 1 aliphatic rings. The Kier molecular flexibility index (Phi) is 13.1. The number of aliphatic carboxylic acids is 2. The number of nitrogens with zero attached hydrogens (tertiary/aromatic N) is 2. The third-order valence-electron chi connectivity index (χ3n) is 5.94. The summed E-state index contributed by atoms with van der Waals surface area (Å²) in [6.45, 7) is 1.40. The maximum Gasteiger partial charge on any atom is 0.490 e. The Morgan fingerprint density at radius 3 is 2.11 bits per heavy atom. The van der Waals surface area contributed by atoms with Crippen LogP contribution in [0.3, 0.4) is 0 Å². The van der Waals surface area contributed by atoms with E-state index in [0.717, 1.165) is 17.7 Å². The molecule has 1 aromatic heterocycles. The van der Waals surface area contributed by atoms with Crippen molar-refractivity contribution in [1.82, 2.24) is 15.1 Å². The van der Waals surface area contributed by atoms with E-state index in [4.69, 9.17) is 29.3 Å². The summed E-state index contributed by atoms with van der Waals surface area (Å²) in [4.78, 5) is 44.1. The number of carboxylic acids is 3. The van der Waals surface area contributed by atoms with E-state index in [1.165, 1.54) is 6.07 Å². The van der Waals surface area contributed by atoms with Gasteiger partial charge in [0.15, 0.2) is 0 Å². The Labute approximate surface area is 261 Å². The molecule has 5 N–H and O–H groups in total. The molecular weight excluding hydrogens is 650 g/mol. The van der Waals surface area contributed by atoms with Crippen molar-refractivity contribution in [2.75, 3.05) is 39.2 Å². The largest absolute Gasteiger partial charge is 0.492 e. The van der Waals surface area contributed by atoms with Crippen LogP contribution in [0.15, 0.2) is 48.8 Å². The van der Waals surface area contributed by atoms with Crippen molar-refractivity contribution < 1.29 is 70.3 Å². The maximum absolute atomic E-state index is 13.1. The molecular formula is C28H28F6N4O9. The van der Waals surface area contributed by atoms with Crippen LogP contribution in [0.25, 0.3) is 11.1 Å². The first-order chi connectivity index (χ1) is 21.8. The van der Waals surface area contributed by atoms with Gasteiger partial charge in [-0.1, -0.05) is 6.07 Å². The quantitative estimate of drug-likeness (QED) is 0.215. The molecule has 3 aromatic rings.